The normalized spacial score (nSPS) is 9.75. The Bertz CT molecular complexity index is 693. The molecule has 1 amide bonds. The summed E-state index contributed by atoms with van der Waals surface area (Å²) in [7, 11) is 0. The number of anilines is 1. The Morgan fingerprint density at radius 2 is 2.25 bits per heavy atom. The predicted octanol–water partition coefficient (Wildman–Crippen LogP) is 1.62. The summed E-state index contributed by atoms with van der Waals surface area (Å²) < 4.78 is 0. The number of carbonyl (C=O) groups excluding carboxylic acids is 1. The van der Waals surface area contributed by atoms with Crippen molar-refractivity contribution in [1.82, 2.24) is 10.2 Å². The molecule has 0 saturated heterocycles. The van der Waals surface area contributed by atoms with Crippen LogP contribution in [0.5, 0.6) is 0 Å². The molecule has 0 radical (unpaired) electrons. The van der Waals surface area contributed by atoms with Gasteiger partial charge in [0.25, 0.3) is 5.91 Å². The first-order valence-electron chi connectivity index (χ1n) is 6.13. The largest absolute Gasteiger partial charge is 0.384 e. The number of amides is 1. The molecule has 0 bridgehead atoms. The molecule has 0 spiro atoms. The molecular formula is C15H15N3O2. The van der Waals surface area contributed by atoms with Gasteiger partial charge in [-0.15, -0.1) is 0 Å². The SMILES string of the molecule is Cc1cc(NC(=O)c2cn[nH]c2C)ccc1C#CCO. The lowest BCUT2D eigenvalue weighted by atomic mass is 10.1. The summed E-state index contributed by atoms with van der Waals surface area (Å²) in [6.07, 6.45) is 1.50. The van der Waals surface area contributed by atoms with E-state index in [2.05, 4.69) is 27.4 Å². The first-order chi connectivity index (χ1) is 9.61. The zero-order chi connectivity index (χ0) is 14.5. The summed E-state index contributed by atoms with van der Waals surface area (Å²) in [5.41, 5.74) is 3.71. The molecule has 2 rings (SSSR count). The summed E-state index contributed by atoms with van der Waals surface area (Å²) in [5, 5.41) is 18.0. The van der Waals surface area contributed by atoms with Crippen molar-refractivity contribution in [3.8, 4) is 11.8 Å². The van der Waals surface area contributed by atoms with E-state index in [9.17, 15) is 4.79 Å². The first-order valence-corrected chi connectivity index (χ1v) is 6.13. The minimum absolute atomic E-state index is 0.169. The number of aliphatic hydroxyl groups is 1. The van der Waals surface area contributed by atoms with Crippen LogP contribution in [0.2, 0.25) is 0 Å². The number of rotatable bonds is 2. The van der Waals surface area contributed by atoms with Crippen molar-refractivity contribution >= 4 is 11.6 Å². The fraction of sp³-hybridized carbons (Fsp3) is 0.200. The topological polar surface area (TPSA) is 78.0 Å². The van der Waals surface area contributed by atoms with E-state index in [4.69, 9.17) is 5.11 Å². The first kappa shape index (κ1) is 13.8. The van der Waals surface area contributed by atoms with Crippen molar-refractivity contribution in [3.05, 3.63) is 46.8 Å². The van der Waals surface area contributed by atoms with Crippen molar-refractivity contribution in [2.45, 2.75) is 13.8 Å². The molecule has 0 unspecified atom stereocenters. The van der Waals surface area contributed by atoms with Gasteiger partial charge in [0.2, 0.25) is 0 Å². The highest BCUT2D eigenvalue weighted by atomic mass is 16.2. The molecule has 2 aromatic rings. The summed E-state index contributed by atoms with van der Waals surface area (Å²) in [6, 6.07) is 5.44. The highest BCUT2D eigenvalue weighted by Crippen LogP contribution is 2.16. The van der Waals surface area contributed by atoms with Gasteiger partial charge in [-0.3, -0.25) is 9.89 Å². The van der Waals surface area contributed by atoms with Crippen molar-refractivity contribution in [2.24, 2.45) is 0 Å². The van der Waals surface area contributed by atoms with Crippen LogP contribution in [0.3, 0.4) is 0 Å². The maximum atomic E-state index is 12.0. The molecule has 20 heavy (non-hydrogen) atoms. The highest BCUT2D eigenvalue weighted by Gasteiger charge is 2.11. The lowest BCUT2D eigenvalue weighted by Gasteiger charge is -2.06. The third-order valence-corrected chi connectivity index (χ3v) is 2.86. The smallest absolute Gasteiger partial charge is 0.259 e. The average Bonchev–Trinajstić information content (AvgIpc) is 2.84. The van der Waals surface area contributed by atoms with E-state index < -0.39 is 0 Å². The third kappa shape index (κ3) is 3.05. The van der Waals surface area contributed by atoms with E-state index in [-0.39, 0.29) is 12.5 Å². The maximum absolute atomic E-state index is 12.0. The van der Waals surface area contributed by atoms with Gasteiger partial charge >= 0.3 is 0 Å². The minimum Gasteiger partial charge on any atom is -0.384 e. The van der Waals surface area contributed by atoms with Crippen LogP contribution in [0.25, 0.3) is 0 Å². The molecule has 0 atom stereocenters. The zero-order valence-corrected chi connectivity index (χ0v) is 11.3. The lowest BCUT2D eigenvalue weighted by molar-refractivity contribution is 0.102. The Balaban J connectivity index is 2.17. The molecule has 5 heteroatoms. The Morgan fingerprint density at radius 3 is 2.85 bits per heavy atom. The number of aromatic amines is 1. The number of aryl methyl sites for hydroxylation is 2. The van der Waals surface area contributed by atoms with E-state index >= 15 is 0 Å². The molecule has 1 aromatic carbocycles. The van der Waals surface area contributed by atoms with Gasteiger partial charge in [0.1, 0.15) is 6.61 Å². The van der Waals surface area contributed by atoms with Crippen molar-refractivity contribution in [1.29, 1.82) is 0 Å². The van der Waals surface area contributed by atoms with Gasteiger partial charge in [-0.2, -0.15) is 5.10 Å². The van der Waals surface area contributed by atoms with Crippen LogP contribution in [0.15, 0.2) is 24.4 Å². The second-order valence-corrected chi connectivity index (χ2v) is 4.35. The number of hydrogen-bond acceptors (Lipinski definition) is 3. The highest BCUT2D eigenvalue weighted by molar-refractivity contribution is 6.04. The quantitative estimate of drug-likeness (QED) is 0.725. The van der Waals surface area contributed by atoms with E-state index in [1.807, 2.05) is 19.1 Å². The molecule has 1 aromatic heterocycles. The number of hydrogen-bond donors (Lipinski definition) is 3. The summed E-state index contributed by atoms with van der Waals surface area (Å²) in [5.74, 6) is 5.25. The summed E-state index contributed by atoms with van der Waals surface area (Å²) >= 11 is 0. The molecule has 0 fully saturated rings. The van der Waals surface area contributed by atoms with Crippen LogP contribution in [-0.2, 0) is 0 Å². The predicted molar refractivity (Wildman–Crippen MR) is 76.4 cm³/mol. The number of carbonyl (C=O) groups is 1. The van der Waals surface area contributed by atoms with E-state index in [0.717, 1.165) is 16.8 Å². The molecular weight excluding hydrogens is 254 g/mol. The fourth-order valence-electron chi connectivity index (χ4n) is 1.79. The Hall–Kier alpha value is -2.58. The van der Waals surface area contributed by atoms with Gasteiger partial charge in [-0.05, 0) is 37.6 Å². The van der Waals surface area contributed by atoms with E-state index in [0.29, 0.717) is 11.3 Å². The number of H-pyrrole nitrogens is 1. The van der Waals surface area contributed by atoms with Crippen LogP contribution < -0.4 is 5.32 Å². The van der Waals surface area contributed by atoms with Crippen LogP contribution in [0.1, 0.15) is 27.2 Å². The second kappa shape index (κ2) is 6.04. The van der Waals surface area contributed by atoms with Crippen LogP contribution >= 0.6 is 0 Å². The minimum atomic E-state index is -0.204. The molecule has 3 N–H and O–H groups in total. The molecule has 0 saturated carbocycles. The Labute approximate surface area is 117 Å². The molecule has 0 aliphatic rings. The van der Waals surface area contributed by atoms with Gasteiger partial charge in [-0.1, -0.05) is 11.8 Å². The third-order valence-electron chi connectivity index (χ3n) is 2.86. The molecule has 1 heterocycles. The Morgan fingerprint density at radius 1 is 1.45 bits per heavy atom. The monoisotopic (exact) mass is 269 g/mol. The van der Waals surface area contributed by atoms with Crippen molar-refractivity contribution in [3.63, 3.8) is 0 Å². The fourth-order valence-corrected chi connectivity index (χ4v) is 1.79. The van der Waals surface area contributed by atoms with Gasteiger partial charge in [-0.25, -0.2) is 0 Å². The number of nitrogens with one attached hydrogen (secondary N) is 2. The van der Waals surface area contributed by atoms with Gasteiger partial charge in [0, 0.05) is 16.9 Å². The number of nitrogens with zero attached hydrogens (tertiary/aromatic N) is 1. The number of aromatic nitrogens is 2. The molecule has 102 valence electrons. The van der Waals surface area contributed by atoms with E-state index in [1.54, 1.807) is 13.0 Å². The zero-order valence-electron chi connectivity index (χ0n) is 11.3. The molecule has 5 nitrogen and oxygen atoms in total. The molecule has 0 aliphatic carbocycles. The summed E-state index contributed by atoms with van der Waals surface area (Å²) in [6.45, 7) is 3.53. The average molecular weight is 269 g/mol. The maximum Gasteiger partial charge on any atom is 0.259 e. The number of benzene rings is 1. The second-order valence-electron chi connectivity index (χ2n) is 4.35. The van der Waals surface area contributed by atoms with Gasteiger partial charge in [0.05, 0.1) is 11.8 Å². The van der Waals surface area contributed by atoms with Crippen LogP contribution in [-0.4, -0.2) is 27.8 Å². The van der Waals surface area contributed by atoms with Crippen molar-refractivity contribution in [2.75, 3.05) is 11.9 Å². The molecule has 0 aliphatic heterocycles. The van der Waals surface area contributed by atoms with Crippen molar-refractivity contribution < 1.29 is 9.90 Å². The Kier molecular flexibility index (Phi) is 4.18. The lowest BCUT2D eigenvalue weighted by Crippen LogP contribution is -2.12. The standard InChI is InChI=1S/C15H15N3O2/c1-10-8-13(6-5-12(10)4-3-7-19)17-15(20)14-9-16-18-11(14)2/h5-6,8-9,19H,7H2,1-2H3,(H,16,18)(H,17,20). The van der Waals surface area contributed by atoms with E-state index in [1.165, 1.54) is 6.20 Å². The summed E-state index contributed by atoms with van der Waals surface area (Å²) in [4.78, 5) is 12.0. The van der Waals surface area contributed by atoms with Gasteiger partial charge < -0.3 is 10.4 Å². The van der Waals surface area contributed by atoms with Gasteiger partial charge in [0.15, 0.2) is 0 Å². The number of aliphatic hydroxyl groups excluding tert-OH is 1. The van der Waals surface area contributed by atoms with Crippen LogP contribution in [0, 0.1) is 25.7 Å². The van der Waals surface area contributed by atoms with Crippen LogP contribution in [0.4, 0.5) is 5.69 Å².